The van der Waals surface area contributed by atoms with Crippen molar-refractivity contribution in [2.24, 2.45) is 0 Å². The summed E-state index contributed by atoms with van der Waals surface area (Å²) in [4.78, 5) is 2.99. The van der Waals surface area contributed by atoms with E-state index in [2.05, 4.69) is 11.1 Å². The number of rotatable bonds is 2. The number of pyridine rings is 1. The third-order valence-corrected chi connectivity index (χ3v) is 2.87. The van der Waals surface area contributed by atoms with Crippen LogP contribution in [-0.2, 0) is 0 Å². The molecule has 2 rings (SSSR count). The fraction of sp³-hybridized carbons (Fsp3) is 0.0667. The van der Waals surface area contributed by atoms with Crippen molar-refractivity contribution in [1.29, 1.82) is 5.26 Å². The van der Waals surface area contributed by atoms with Crippen molar-refractivity contribution < 1.29 is 0 Å². The molecule has 1 N–H and O–H groups in total. The highest BCUT2D eigenvalue weighted by Crippen LogP contribution is 2.14. The Kier molecular flexibility index (Phi) is 3.71. The van der Waals surface area contributed by atoms with Gasteiger partial charge in [-0.2, -0.15) is 5.26 Å². The van der Waals surface area contributed by atoms with E-state index in [1.165, 1.54) is 0 Å². The van der Waals surface area contributed by atoms with Gasteiger partial charge in [0.1, 0.15) is 10.7 Å². The van der Waals surface area contributed by atoms with Crippen molar-refractivity contribution in [3.63, 3.8) is 0 Å². The second kappa shape index (κ2) is 5.44. The molecule has 2 nitrogen and oxygen atoms in total. The lowest BCUT2D eigenvalue weighted by molar-refractivity contribution is 1.16. The van der Waals surface area contributed by atoms with E-state index < -0.39 is 0 Å². The molecule has 0 aliphatic heterocycles. The standard InChI is InChI=1S/C15H12N2S/c1-11-9-13(14(10-16)15(18)17-11)8-7-12-5-3-2-4-6-12/h2-9H,1H3,(H,17,18)/b8-7-. The lowest BCUT2D eigenvalue weighted by Crippen LogP contribution is -1.90. The maximum atomic E-state index is 9.12. The Bertz CT molecular complexity index is 676. The molecular formula is C15H12N2S. The second-order valence-corrected chi connectivity index (χ2v) is 4.38. The summed E-state index contributed by atoms with van der Waals surface area (Å²) in [6.45, 7) is 1.93. The van der Waals surface area contributed by atoms with E-state index in [4.69, 9.17) is 17.5 Å². The number of nitrogens with zero attached hydrogens (tertiary/aromatic N) is 1. The highest BCUT2D eigenvalue weighted by Gasteiger charge is 2.02. The van der Waals surface area contributed by atoms with Crippen LogP contribution < -0.4 is 0 Å². The molecule has 0 bridgehead atoms. The van der Waals surface area contributed by atoms with Crippen LogP contribution in [0.4, 0.5) is 0 Å². The highest BCUT2D eigenvalue weighted by molar-refractivity contribution is 7.71. The molecule has 0 radical (unpaired) electrons. The molecular weight excluding hydrogens is 240 g/mol. The van der Waals surface area contributed by atoms with Gasteiger partial charge in [0.2, 0.25) is 0 Å². The summed E-state index contributed by atoms with van der Waals surface area (Å²) >= 11 is 5.15. The van der Waals surface area contributed by atoms with Gasteiger partial charge in [0.05, 0.1) is 5.56 Å². The summed E-state index contributed by atoms with van der Waals surface area (Å²) in [5.41, 5.74) is 3.41. The predicted molar refractivity (Wildman–Crippen MR) is 76.4 cm³/mol. The number of aromatic amines is 1. The number of aryl methyl sites for hydroxylation is 1. The molecule has 88 valence electrons. The molecule has 2 aromatic rings. The van der Waals surface area contributed by atoms with Gasteiger partial charge < -0.3 is 4.98 Å². The van der Waals surface area contributed by atoms with Gasteiger partial charge in [-0.05, 0) is 24.1 Å². The van der Waals surface area contributed by atoms with Gasteiger partial charge in [0, 0.05) is 5.69 Å². The van der Waals surface area contributed by atoms with Gasteiger partial charge in [0.15, 0.2) is 0 Å². The molecule has 0 saturated carbocycles. The molecule has 0 spiro atoms. The van der Waals surface area contributed by atoms with Crippen LogP contribution in [0.1, 0.15) is 22.4 Å². The monoisotopic (exact) mass is 252 g/mol. The van der Waals surface area contributed by atoms with Gasteiger partial charge in [-0.3, -0.25) is 0 Å². The molecule has 18 heavy (non-hydrogen) atoms. The summed E-state index contributed by atoms with van der Waals surface area (Å²) in [6.07, 6.45) is 3.90. The maximum absolute atomic E-state index is 9.12. The van der Waals surface area contributed by atoms with Crippen LogP contribution in [0.2, 0.25) is 0 Å². The highest BCUT2D eigenvalue weighted by atomic mass is 32.1. The van der Waals surface area contributed by atoms with Crippen LogP contribution in [0.25, 0.3) is 12.2 Å². The van der Waals surface area contributed by atoms with Crippen molar-refractivity contribution in [3.05, 3.63) is 63.4 Å². The number of benzene rings is 1. The Hall–Kier alpha value is -2.18. The van der Waals surface area contributed by atoms with Gasteiger partial charge in [0.25, 0.3) is 0 Å². The van der Waals surface area contributed by atoms with E-state index in [0.29, 0.717) is 10.2 Å². The summed E-state index contributed by atoms with van der Waals surface area (Å²) < 4.78 is 0.491. The minimum Gasteiger partial charge on any atom is -0.349 e. The first-order valence-electron chi connectivity index (χ1n) is 5.58. The average molecular weight is 252 g/mol. The van der Waals surface area contributed by atoms with E-state index in [0.717, 1.165) is 16.8 Å². The van der Waals surface area contributed by atoms with Gasteiger partial charge >= 0.3 is 0 Å². The molecule has 0 aliphatic rings. The molecule has 0 unspecified atom stereocenters. The zero-order chi connectivity index (χ0) is 13.0. The van der Waals surface area contributed by atoms with Gasteiger partial charge in [-0.15, -0.1) is 0 Å². The first-order valence-corrected chi connectivity index (χ1v) is 5.98. The summed E-state index contributed by atoms with van der Waals surface area (Å²) in [5.74, 6) is 0. The van der Waals surface area contributed by atoms with Crippen LogP contribution in [0.3, 0.4) is 0 Å². The summed E-state index contributed by atoms with van der Waals surface area (Å²) in [5, 5.41) is 9.12. The van der Waals surface area contributed by atoms with Crippen LogP contribution in [0, 0.1) is 22.9 Å². The predicted octanol–water partition coefficient (Wildman–Crippen LogP) is 4.09. The summed E-state index contributed by atoms with van der Waals surface area (Å²) in [7, 11) is 0. The molecule has 0 fully saturated rings. The zero-order valence-electron chi connectivity index (χ0n) is 9.97. The molecule has 1 aromatic heterocycles. The average Bonchev–Trinajstić information content (AvgIpc) is 2.37. The molecule has 0 atom stereocenters. The van der Waals surface area contributed by atoms with Crippen LogP contribution >= 0.6 is 12.2 Å². The zero-order valence-corrected chi connectivity index (χ0v) is 10.8. The molecule has 0 aliphatic carbocycles. The van der Waals surface area contributed by atoms with Crippen molar-refractivity contribution in [2.45, 2.75) is 6.92 Å². The first kappa shape index (κ1) is 12.3. The molecule has 0 saturated heterocycles. The number of H-pyrrole nitrogens is 1. The smallest absolute Gasteiger partial charge is 0.122 e. The van der Waals surface area contributed by atoms with Crippen LogP contribution in [0.5, 0.6) is 0 Å². The summed E-state index contributed by atoms with van der Waals surface area (Å²) in [6, 6.07) is 14.0. The fourth-order valence-electron chi connectivity index (χ4n) is 1.71. The lowest BCUT2D eigenvalue weighted by Gasteiger charge is -2.01. The minimum atomic E-state index is 0.491. The van der Waals surface area contributed by atoms with E-state index in [1.807, 2.05) is 55.5 Å². The van der Waals surface area contributed by atoms with Crippen LogP contribution in [0.15, 0.2) is 36.4 Å². The van der Waals surface area contributed by atoms with E-state index in [1.54, 1.807) is 0 Å². The molecule has 1 aromatic carbocycles. The number of hydrogen-bond acceptors (Lipinski definition) is 2. The first-order chi connectivity index (χ1) is 8.70. The Labute approximate surface area is 111 Å². The largest absolute Gasteiger partial charge is 0.349 e. The van der Waals surface area contributed by atoms with Crippen molar-refractivity contribution in [1.82, 2.24) is 4.98 Å². The Morgan fingerprint density at radius 3 is 2.61 bits per heavy atom. The maximum Gasteiger partial charge on any atom is 0.122 e. The van der Waals surface area contributed by atoms with Gasteiger partial charge in [-0.1, -0.05) is 54.7 Å². The SMILES string of the molecule is Cc1cc(/C=C\c2ccccc2)c(C#N)c(=S)[nH]1. The molecule has 3 heteroatoms. The number of nitrogens with one attached hydrogen (secondary N) is 1. The van der Waals surface area contributed by atoms with Crippen molar-refractivity contribution >= 4 is 24.4 Å². The third kappa shape index (κ3) is 2.73. The fourth-order valence-corrected chi connectivity index (χ4v) is 2.04. The Morgan fingerprint density at radius 2 is 1.94 bits per heavy atom. The van der Waals surface area contributed by atoms with E-state index >= 15 is 0 Å². The van der Waals surface area contributed by atoms with E-state index in [-0.39, 0.29) is 0 Å². The topological polar surface area (TPSA) is 39.6 Å². The van der Waals surface area contributed by atoms with Crippen molar-refractivity contribution in [3.8, 4) is 6.07 Å². The molecule has 1 heterocycles. The van der Waals surface area contributed by atoms with Crippen LogP contribution in [-0.4, -0.2) is 4.98 Å². The normalized spacial score (nSPS) is 10.4. The number of hydrogen-bond donors (Lipinski definition) is 1. The third-order valence-electron chi connectivity index (χ3n) is 2.57. The van der Waals surface area contributed by atoms with E-state index in [9.17, 15) is 0 Å². The van der Waals surface area contributed by atoms with Gasteiger partial charge in [-0.25, -0.2) is 0 Å². The number of nitriles is 1. The van der Waals surface area contributed by atoms with Crippen molar-refractivity contribution in [2.75, 3.05) is 0 Å². The number of aromatic nitrogens is 1. The Morgan fingerprint density at radius 1 is 1.22 bits per heavy atom. The molecule has 0 amide bonds. The Balaban J connectivity index is 2.44. The second-order valence-electron chi connectivity index (χ2n) is 3.97. The minimum absolute atomic E-state index is 0.491. The quantitative estimate of drug-likeness (QED) is 0.817. The lowest BCUT2D eigenvalue weighted by atomic mass is 10.1.